The van der Waals surface area contributed by atoms with Gasteiger partial charge in [-0.05, 0) is 32.2 Å². The highest BCUT2D eigenvalue weighted by Gasteiger charge is 2.11. The van der Waals surface area contributed by atoms with Crippen molar-refractivity contribution in [3.63, 3.8) is 0 Å². The van der Waals surface area contributed by atoms with Crippen molar-refractivity contribution in [3.05, 3.63) is 28.8 Å². The predicted molar refractivity (Wildman–Crippen MR) is 65.9 cm³/mol. The van der Waals surface area contributed by atoms with Crippen LogP contribution in [0.5, 0.6) is 5.75 Å². The van der Waals surface area contributed by atoms with E-state index >= 15 is 0 Å². The standard InChI is InChI=1S/C12H18ClNO2/c1-9(8-16-3)14(2)7-10-6-11(13)4-5-12(10)15/h4-6,9,15H,7-8H2,1-3H3. The smallest absolute Gasteiger partial charge is 0.120 e. The van der Waals surface area contributed by atoms with Crippen LogP contribution in [-0.4, -0.2) is 36.8 Å². The third-order valence-electron chi connectivity index (χ3n) is 2.62. The summed E-state index contributed by atoms with van der Waals surface area (Å²) in [5, 5.41) is 10.3. The second-order valence-electron chi connectivity index (χ2n) is 3.99. The third-order valence-corrected chi connectivity index (χ3v) is 2.86. The summed E-state index contributed by atoms with van der Waals surface area (Å²) < 4.78 is 5.09. The molecule has 1 atom stereocenters. The Bertz CT molecular complexity index is 344. The van der Waals surface area contributed by atoms with Gasteiger partial charge in [-0.3, -0.25) is 4.90 Å². The minimum Gasteiger partial charge on any atom is -0.508 e. The van der Waals surface area contributed by atoms with Gasteiger partial charge in [0.2, 0.25) is 0 Å². The molecule has 0 spiro atoms. The Labute approximate surface area is 102 Å². The molecule has 1 unspecified atom stereocenters. The quantitative estimate of drug-likeness (QED) is 0.863. The maximum Gasteiger partial charge on any atom is 0.120 e. The summed E-state index contributed by atoms with van der Waals surface area (Å²) in [5.41, 5.74) is 0.831. The lowest BCUT2D eigenvalue weighted by molar-refractivity contribution is 0.111. The van der Waals surface area contributed by atoms with E-state index in [2.05, 4.69) is 11.8 Å². The Morgan fingerprint density at radius 1 is 1.50 bits per heavy atom. The van der Waals surface area contributed by atoms with Crippen LogP contribution in [0.4, 0.5) is 0 Å². The molecule has 0 aliphatic rings. The fraction of sp³-hybridized carbons (Fsp3) is 0.500. The Balaban J connectivity index is 2.68. The third kappa shape index (κ3) is 3.67. The largest absolute Gasteiger partial charge is 0.508 e. The van der Waals surface area contributed by atoms with Gasteiger partial charge in [-0.25, -0.2) is 0 Å². The predicted octanol–water partition coefficient (Wildman–Crippen LogP) is 2.51. The van der Waals surface area contributed by atoms with Gasteiger partial charge in [-0.15, -0.1) is 0 Å². The molecule has 0 aromatic heterocycles. The van der Waals surface area contributed by atoms with Gasteiger partial charge in [0.05, 0.1) is 6.61 Å². The first kappa shape index (κ1) is 13.3. The Hall–Kier alpha value is -0.770. The monoisotopic (exact) mass is 243 g/mol. The molecule has 0 heterocycles. The number of rotatable bonds is 5. The number of aromatic hydroxyl groups is 1. The van der Waals surface area contributed by atoms with E-state index in [0.29, 0.717) is 24.2 Å². The summed E-state index contributed by atoms with van der Waals surface area (Å²) in [6.07, 6.45) is 0. The van der Waals surface area contributed by atoms with E-state index in [1.807, 2.05) is 7.05 Å². The van der Waals surface area contributed by atoms with Crippen molar-refractivity contribution in [2.75, 3.05) is 20.8 Å². The maximum atomic E-state index is 9.68. The molecule has 90 valence electrons. The fourth-order valence-electron chi connectivity index (χ4n) is 1.47. The number of nitrogens with zero attached hydrogens (tertiary/aromatic N) is 1. The van der Waals surface area contributed by atoms with E-state index in [9.17, 15) is 5.11 Å². The van der Waals surface area contributed by atoms with Crippen molar-refractivity contribution in [1.29, 1.82) is 0 Å². The van der Waals surface area contributed by atoms with Gasteiger partial charge in [0, 0.05) is 30.3 Å². The lowest BCUT2D eigenvalue weighted by Gasteiger charge is -2.24. The highest BCUT2D eigenvalue weighted by atomic mass is 35.5. The van der Waals surface area contributed by atoms with Crippen molar-refractivity contribution in [1.82, 2.24) is 4.90 Å². The minimum absolute atomic E-state index is 0.279. The number of hydrogen-bond donors (Lipinski definition) is 1. The number of hydrogen-bond acceptors (Lipinski definition) is 3. The molecule has 4 heteroatoms. The zero-order valence-electron chi connectivity index (χ0n) is 9.90. The van der Waals surface area contributed by atoms with Crippen LogP contribution in [0.1, 0.15) is 12.5 Å². The van der Waals surface area contributed by atoms with Crippen molar-refractivity contribution >= 4 is 11.6 Å². The lowest BCUT2D eigenvalue weighted by Crippen LogP contribution is -2.32. The van der Waals surface area contributed by atoms with Crippen LogP contribution in [0.15, 0.2) is 18.2 Å². The van der Waals surface area contributed by atoms with Gasteiger partial charge in [0.1, 0.15) is 5.75 Å². The van der Waals surface area contributed by atoms with E-state index in [1.54, 1.807) is 25.3 Å². The number of phenols is 1. The van der Waals surface area contributed by atoms with Crippen molar-refractivity contribution in [2.45, 2.75) is 19.5 Å². The molecule has 1 aromatic carbocycles. The van der Waals surface area contributed by atoms with E-state index in [0.717, 1.165) is 5.56 Å². The molecule has 0 fully saturated rings. The maximum absolute atomic E-state index is 9.68. The molecule has 0 saturated heterocycles. The van der Waals surface area contributed by atoms with E-state index in [-0.39, 0.29) is 5.75 Å². The van der Waals surface area contributed by atoms with Crippen LogP contribution in [0.25, 0.3) is 0 Å². The molecule has 0 aliphatic heterocycles. The molecule has 0 bridgehead atoms. The van der Waals surface area contributed by atoms with Crippen LogP contribution in [0.2, 0.25) is 5.02 Å². The van der Waals surface area contributed by atoms with Gasteiger partial charge < -0.3 is 9.84 Å². The second kappa shape index (κ2) is 6.09. The molecule has 0 saturated carbocycles. The zero-order chi connectivity index (χ0) is 12.1. The number of phenolic OH excluding ortho intramolecular Hbond substituents is 1. The molecular formula is C12H18ClNO2. The number of benzene rings is 1. The Kier molecular flexibility index (Phi) is 5.06. The molecule has 0 amide bonds. The van der Waals surface area contributed by atoms with Crippen LogP contribution in [0.3, 0.4) is 0 Å². The second-order valence-corrected chi connectivity index (χ2v) is 4.43. The summed E-state index contributed by atoms with van der Waals surface area (Å²) >= 11 is 5.89. The molecule has 0 aliphatic carbocycles. The molecule has 1 rings (SSSR count). The number of ether oxygens (including phenoxy) is 1. The van der Waals surface area contributed by atoms with Gasteiger partial charge in [-0.2, -0.15) is 0 Å². The first-order valence-corrected chi connectivity index (χ1v) is 5.59. The van der Waals surface area contributed by atoms with Crippen molar-refractivity contribution in [3.8, 4) is 5.75 Å². The normalized spacial score (nSPS) is 13.1. The average molecular weight is 244 g/mol. The Morgan fingerprint density at radius 2 is 2.19 bits per heavy atom. The fourth-order valence-corrected chi connectivity index (χ4v) is 1.67. The first-order chi connectivity index (χ1) is 7.54. The van der Waals surface area contributed by atoms with Gasteiger partial charge in [0.15, 0.2) is 0 Å². The summed E-state index contributed by atoms with van der Waals surface area (Å²) in [5.74, 6) is 0.279. The molecule has 1 N–H and O–H groups in total. The average Bonchev–Trinajstić information content (AvgIpc) is 2.23. The van der Waals surface area contributed by atoms with Crippen molar-refractivity contribution < 1.29 is 9.84 Å². The van der Waals surface area contributed by atoms with Crippen LogP contribution in [0, 0.1) is 0 Å². The summed E-state index contributed by atoms with van der Waals surface area (Å²) in [6.45, 7) is 3.39. The number of halogens is 1. The van der Waals surface area contributed by atoms with E-state index < -0.39 is 0 Å². The number of methoxy groups -OCH3 is 1. The summed E-state index contributed by atoms with van der Waals surface area (Å²) in [6, 6.07) is 5.38. The summed E-state index contributed by atoms with van der Waals surface area (Å²) in [4.78, 5) is 2.11. The van der Waals surface area contributed by atoms with Crippen LogP contribution in [-0.2, 0) is 11.3 Å². The van der Waals surface area contributed by atoms with Crippen LogP contribution < -0.4 is 0 Å². The highest BCUT2D eigenvalue weighted by Crippen LogP contribution is 2.23. The molecule has 16 heavy (non-hydrogen) atoms. The van der Waals surface area contributed by atoms with Gasteiger partial charge in [0.25, 0.3) is 0 Å². The van der Waals surface area contributed by atoms with E-state index in [4.69, 9.17) is 16.3 Å². The van der Waals surface area contributed by atoms with Crippen molar-refractivity contribution in [2.24, 2.45) is 0 Å². The van der Waals surface area contributed by atoms with Crippen LogP contribution >= 0.6 is 11.6 Å². The van der Waals surface area contributed by atoms with E-state index in [1.165, 1.54) is 0 Å². The highest BCUT2D eigenvalue weighted by molar-refractivity contribution is 6.30. The zero-order valence-corrected chi connectivity index (χ0v) is 10.7. The lowest BCUT2D eigenvalue weighted by atomic mass is 10.1. The first-order valence-electron chi connectivity index (χ1n) is 5.21. The summed E-state index contributed by atoms with van der Waals surface area (Å²) in [7, 11) is 3.67. The molecular weight excluding hydrogens is 226 g/mol. The molecule has 3 nitrogen and oxygen atoms in total. The van der Waals surface area contributed by atoms with Gasteiger partial charge >= 0.3 is 0 Å². The van der Waals surface area contributed by atoms with Gasteiger partial charge in [-0.1, -0.05) is 11.6 Å². The SMILES string of the molecule is COCC(C)N(C)Cc1cc(Cl)ccc1O. The Morgan fingerprint density at radius 3 is 2.81 bits per heavy atom. The number of likely N-dealkylation sites (N-methyl/N-ethyl adjacent to an activating group) is 1. The molecule has 1 aromatic rings. The minimum atomic E-state index is 0.279. The molecule has 0 radical (unpaired) electrons. The topological polar surface area (TPSA) is 32.7 Å².